The van der Waals surface area contributed by atoms with Crippen LogP contribution < -0.4 is 0 Å². The van der Waals surface area contributed by atoms with E-state index in [0.29, 0.717) is 27.6 Å². The standard InChI is InChI=1S/C26H28FN5O3S/c1-26(2,28-3)19-8-6-18(7-9-19)24-21-16-20(27)10-11-23(21)29-17-22(24)25(33)31-12-14-32(15-13-31)36(34,35)30(4)5/h6-11,16-17H,12-15H2,1-2,4-5H3. The van der Waals surface area contributed by atoms with E-state index >= 15 is 0 Å². The maximum atomic E-state index is 14.3. The van der Waals surface area contributed by atoms with Crippen molar-refractivity contribution < 1.29 is 17.6 Å². The predicted octanol–water partition coefficient (Wildman–Crippen LogP) is 3.76. The van der Waals surface area contributed by atoms with Crippen LogP contribution in [0, 0.1) is 12.4 Å². The number of aromatic nitrogens is 1. The molecule has 4 rings (SSSR count). The van der Waals surface area contributed by atoms with Gasteiger partial charge in [-0.1, -0.05) is 24.3 Å². The van der Waals surface area contributed by atoms with Crippen molar-refractivity contribution in [1.29, 1.82) is 0 Å². The molecule has 2 heterocycles. The molecule has 0 saturated carbocycles. The van der Waals surface area contributed by atoms with Crippen molar-refractivity contribution >= 4 is 27.0 Å². The third kappa shape index (κ3) is 4.69. The molecule has 188 valence electrons. The van der Waals surface area contributed by atoms with E-state index in [1.165, 1.54) is 36.7 Å². The Morgan fingerprint density at radius 1 is 1.08 bits per heavy atom. The monoisotopic (exact) mass is 509 g/mol. The van der Waals surface area contributed by atoms with Crippen molar-refractivity contribution in [3.8, 4) is 11.1 Å². The molecule has 1 aliphatic rings. The number of amides is 1. The van der Waals surface area contributed by atoms with Crippen LogP contribution in [-0.4, -0.2) is 73.1 Å². The van der Waals surface area contributed by atoms with Crippen molar-refractivity contribution in [2.24, 2.45) is 0 Å². The van der Waals surface area contributed by atoms with Gasteiger partial charge in [0.25, 0.3) is 21.7 Å². The minimum Gasteiger partial charge on any atom is -0.336 e. The summed E-state index contributed by atoms with van der Waals surface area (Å²) in [5, 5.41) is 0.506. The summed E-state index contributed by atoms with van der Waals surface area (Å²) >= 11 is 0. The van der Waals surface area contributed by atoms with Gasteiger partial charge in [0.15, 0.2) is 0 Å². The highest BCUT2D eigenvalue weighted by molar-refractivity contribution is 7.86. The summed E-state index contributed by atoms with van der Waals surface area (Å²) in [4.78, 5) is 23.3. The van der Waals surface area contributed by atoms with E-state index in [1.54, 1.807) is 11.0 Å². The van der Waals surface area contributed by atoms with Crippen molar-refractivity contribution in [1.82, 2.24) is 18.5 Å². The summed E-state index contributed by atoms with van der Waals surface area (Å²) in [7, 11) is -0.612. The molecule has 0 atom stereocenters. The van der Waals surface area contributed by atoms with Crippen molar-refractivity contribution in [3.63, 3.8) is 0 Å². The summed E-state index contributed by atoms with van der Waals surface area (Å²) in [5.74, 6) is -0.737. The second-order valence-corrected chi connectivity index (χ2v) is 11.6. The molecule has 0 aliphatic carbocycles. The average Bonchev–Trinajstić information content (AvgIpc) is 2.87. The number of hydrogen-bond donors (Lipinski definition) is 0. The maximum Gasteiger partial charge on any atom is 0.281 e. The number of rotatable bonds is 5. The van der Waals surface area contributed by atoms with Gasteiger partial charge in [0.2, 0.25) is 0 Å². The Balaban J connectivity index is 1.74. The highest BCUT2D eigenvalue weighted by atomic mass is 32.2. The molecule has 0 radical (unpaired) electrons. The lowest BCUT2D eigenvalue weighted by atomic mass is 9.91. The van der Waals surface area contributed by atoms with Crippen LogP contribution in [0.15, 0.2) is 48.7 Å². The van der Waals surface area contributed by atoms with E-state index in [9.17, 15) is 17.6 Å². The second-order valence-electron chi connectivity index (χ2n) is 9.44. The summed E-state index contributed by atoms with van der Waals surface area (Å²) in [5.41, 5.74) is 2.26. The molecule has 36 heavy (non-hydrogen) atoms. The molecular formula is C26H28FN5O3S. The van der Waals surface area contributed by atoms with Gasteiger partial charge >= 0.3 is 0 Å². The van der Waals surface area contributed by atoms with Crippen LogP contribution in [0.1, 0.15) is 29.8 Å². The number of nitrogens with zero attached hydrogens (tertiary/aromatic N) is 5. The third-order valence-electron chi connectivity index (χ3n) is 6.53. The Morgan fingerprint density at radius 2 is 1.72 bits per heavy atom. The Bertz CT molecular complexity index is 1460. The lowest BCUT2D eigenvalue weighted by Gasteiger charge is -2.35. The van der Waals surface area contributed by atoms with Crippen LogP contribution >= 0.6 is 0 Å². The molecule has 0 bridgehead atoms. The molecule has 8 nitrogen and oxygen atoms in total. The van der Waals surface area contributed by atoms with Gasteiger partial charge in [-0.25, -0.2) is 11.0 Å². The molecule has 1 fully saturated rings. The number of carbonyl (C=O) groups is 1. The number of fused-ring (bicyclic) bond motifs is 1. The summed E-state index contributed by atoms with van der Waals surface area (Å²) < 4.78 is 41.7. The summed E-state index contributed by atoms with van der Waals surface area (Å²) in [6, 6.07) is 11.6. The maximum absolute atomic E-state index is 14.3. The van der Waals surface area contributed by atoms with E-state index < -0.39 is 21.6 Å². The molecule has 1 amide bonds. The smallest absolute Gasteiger partial charge is 0.281 e. The molecule has 0 spiro atoms. The first kappa shape index (κ1) is 25.7. The molecule has 1 aliphatic heterocycles. The average molecular weight is 510 g/mol. The lowest BCUT2D eigenvalue weighted by Crippen LogP contribution is -2.53. The summed E-state index contributed by atoms with van der Waals surface area (Å²) in [6.07, 6.45) is 1.50. The second kappa shape index (κ2) is 9.58. The number of carbonyl (C=O) groups excluding carboxylic acids is 1. The van der Waals surface area contributed by atoms with E-state index in [2.05, 4.69) is 9.83 Å². The van der Waals surface area contributed by atoms with E-state index in [1.807, 2.05) is 38.1 Å². The third-order valence-corrected chi connectivity index (χ3v) is 8.47. The lowest BCUT2D eigenvalue weighted by molar-refractivity contribution is 0.0695. The molecule has 3 aromatic rings. The van der Waals surface area contributed by atoms with Crippen molar-refractivity contribution in [2.75, 3.05) is 40.3 Å². The van der Waals surface area contributed by atoms with Gasteiger partial charge in [-0.15, -0.1) is 0 Å². The van der Waals surface area contributed by atoms with Gasteiger partial charge in [-0.2, -0.15) is 17.0 Å². The number of benzene rings is 2. The largest absolute Gasteiger partial charge is 0.336 e. The predicted molar refractivity (Wildman–Crippen MR) is 137 cm³/mol. The van der Waals surface area contributed by atoms with Crippen LogP contribution in [0.5, 0.6) is 0 Å². The SMILES string of the molecule is [C-]#[N+]C(C)(C)c1ccc(-c2c(C(=O)N3CCN(S(=O)(=O)N(C)C)CC3)cnc3ccc(F)cc23)cc1. The Morgan fingerprint density at radius 3 is 2.31 bits per heavy atom. The van der Waals surface area contributed by atoms with E-state index in [4.69, 9.17) is 6.57 Å². The zero-order valence-corrected chi connectivity index (χ0v) is 21.5. The molecule has 0 N–H and O–H groups in total. The highest BCUT2D eigenvalue weighted by Crippen LogP contribution is 2.34. The normalized spacial score (nSPS) is 15.3. The quantitative estimate of drug-likeness (QED) is 0.491. The summed E-state index contributed by atoms with van der Waals surface area (Å²) in [6.45, 7) is 11.9. The van der Waals surface area contributed by atoms with Gasteiger partial charge in [-0.05, 0) is 23.8 Å². The van der Waals surface area contributed by atoms with E-state index in [0.717, 1.165) is 9.87 Å². The van der Waals surface area contributed by atoms with E-state index in [-0.39, 0.29) is 32.1 Å². The number of halogens is 1. The van der Waals surface area contributed by atoms with Gasteiger partial charge in [0.1, 0.15) is 5.82 Å². The van der Waals surface area contributed by atoms with Gasteiger partial charge in [-0.3, -0.25) is 9.78 Å². The van der Waals surface area contributed by atoms with Crippen LogP contribution in [0.25, 0.3) is 26.9 Å². The van der Waals surface area contributed by atoms with Crippen LogP contribution in [0.2, 0.25) is 0 Å². The van der Waals surface area contributed by atoms with Crippen LogP contribution in [0.3, 0.4) is 0 Å². The van der Waals surface area contributed by atoms with Crippen molar-refractivity contribution in [3.05, 3.63) is 77.0 Å². The highest BCUT2D eigenvalue weighted by Gasteiger charge is 2.32. The molecule has 0 unspecified atom stereocenters. The number of piperazine rings is 1. The first-order valence-corrected chi connectivity index (χ1v) is 12.9. The number of pyridine rings is 1. The van der Waals surface area contributed by atoms with Gasteiger partial charge in [0, 0.05) is 76.8 Å². The topological polar surface area (TPSA) is 78.2 Å². The fourth-order valence-electron chi connectivity index (χ4n) is 4.27. The number of hydrogen-bond acceptors (Lipinski definition) is 4. The zero-order chi connectivity index (χ0) is 26.3. The molecule has 10 heteroatoms. The first-order chi connectivity index (χ1) is 17.0. The minimum absolute atomic E-state index is 0.178. The van der Waals surface area contributed by atoms with Gasteiger partial charge in [0.05, 0.1) is 11.1 Å². The Hall–Kier alpha value is -3.39. The first-order valence-electron chi connectivity index (χ1n) is 11.5. The fourth-order valence-corrected chi connectivity index (χ4v) is 5.36. The molecule has 1 saturated heterocycles. The molecule has 1 aromatic heterocycles. The molecule has 2 aromatic carbocycles. The van der Waals surface area contributed by atoms with Crippen LogP contribution in [-0.2, 0) is 15.7 Å². The molecular weight excluding hydrogens is 481 g/mol. The van der Waals surface area contributed by atoms with Crippen LogP contribution in [0.4, 0.5) is 4.39 Å². The Kier molecular flexibility index (Phi) is 6.84. The van der Waals surface area contributed by atoms with Gasteiger partial charge < -0.3 is 9.74 Å². The van der Waals surface area contributed by atoms with Crippen molar-refractivity contribution in [2.45, 2.75) is 19.4 Å². The fraction of sp³-hybridized carbons (Fsp3) is 0.346. The minimum atomic E-state index is -3.56. The zero-order valence-electron chi connectivity index (χ0n) is 20.7. The Labute approximate surface area is 211 Å².